The van der Waals surface area contributed by atoms with E-state index in [0.717, 1.165) is 5.56 Å². The van der Waals surface area contributed by atoms with Crippen molar-refractivity contribution >= 4 is 29.2 Å². The van der Waals surface area contributed by atoms with Gasteiger partial charge in [-0.3, -0.25) is 0 Å². The third-order valence-corrected chi connectivity index (χ3v) is 3.90. The van der Waals surface area contributed by atoms with Crippen molar-refractivity contribution in [2.24, 2.45) is 0 Å². The van der Waals surface area contributed by atoms with Crippen molar-refractivity contribution < 1.29 is 0 Å². The number of nitrogen functional groups attached to an aromatic ring is 1. The number of hydrogen-bond donors (Lipinski definition) is 1. The zero-order valence-corrected chi connectivity index (χ0v) is 11.7. The molecule has 0 aliphatic carbocycles. The van der Waals surface area contributed by atoms with Gasteiger partial charge in [0.2, 0.25) is 0 Å². The number of halogens is 1. The molecule has 96 valence electrons. The lowest BCUT2D eigenvalue weighted by Crippen LogP contribution is -1.99. The Morgan fingerprint density at radius 2 is 2.16 bits per heavy atom. The zero-order chi connectivity index (χ0) is 13.8. The lowest BCUT2D eigenvalue weighted by atomic mass is 10.2. The van der Waals surface area contributed by atoms with Crippen LogP contribution < -0.4 is 5.73 Å². The molecule has 0 spiro atoms. The summed E-state index contributed by atoms with van der Waals surface area (Å²) in [5.41, 5.74) is 6.96. The summed E-state index contributed by atoms with van der Waals surface area (Å²) >= 11 is 7.59. The summed E-state index contributed by atoms with van der Waals surface area (Å²) in [6, 6.07) is 9.58. The summed E-state index contributed by atoms with van der Waals surface area (Å²) in [7, 11) is 0. The maximum atomic E-state index is 8.77. The molecule has 2 aromatic rings. The lowest BCUT2D eigenvalue weighted by Gasteiger charge is -2.12. The Hall–Kier alpha value is -1.77. The Bertz CT molecular complexity index is 639. The predicted molar refractivity (Wildman–Crippen MR) is 76.9 cm³/mol. The van der Waals surface area contributed by atoms with Crippen LogP contribution in [-0.4, -0.2) is 9.97 Å². The molecule has 0 aliphatic heterocycles. The van der Waals surface area contributed by atoms with Crippen LogP contribution in [0.3, 0.4) is 0 Å². The molecule has 1 aromatic carbocycles. The molecule has 4 nitrogen and oxygen atoms in total. The van der Waals surface area contributed by atoms with Gasteiger partial charge in [0, 0.05) is 10.3 Å². The van der Waals surface area contributed by atoms with Gasteiger partial charge in [-0.15, -0.1) is 0 Å². The first kappa shape index (κ1) is 13.7. The fraction of sp³-hybridized carbons (Fsp3) is 0.154. The predicted octanol–water partition coefficient (Wildman–Crippen LogP) is 3.44. The van der Waals surface area contributed by atoms with E-state index in [0.29, 0.717) is 10.2 Å². The van der Waals surface area contributed by atoms with Gasteiger partial charge < -0.3 is 5.73 Å². The van der Waals surface area contributed by atoms with Gasteiger partial charge in [-0.2, -0.15) is 5.26 Å². The highest BCUT2D eigenvalue weighted by atomic mass is 35.5. The van der Waals surface area contributed by atoms with Gasteiger partial charge in [-0.05, 0) is 18.6 Å². The maximum Gasteiger partial charge on any atom is 0.190 e. The topological polar surface area (TPSA) is 75.6 Å². The molecule has 19 heavy (non-hydrogen) atoms. The second-order valence-electron chi connectivity index (χ2n) is 3.84. The number of rotatable bonds is 3. The number of benzene rings is 1. The number of thioether (sulfide) groups is 1. The third-order valence-electron chi connectivity index (χ3n) is 2.54. The Morgan fingerprint density at radius 1 is 1.42 bits per heavy atom. The molecule has 0 fully saturated rings. The summed E-state index contributed by atoms with van der Waals surface area (Å²) in [6.45, 7) is 2.02. The van der Waals surface area contributed by atoms with Gasteiger partial charge in [0.15, 0.2) is 5.16 Å². The molecular formula is C13H11ClN4S. The molecule has 2 rings (SSSR count). The molecule has 1 aromatic heterocycles. The quantitative estimate of drug-likeness (QED) is 0.692. The first-order chi connectivity index (χ1) is 9.11. The Morgan fingerprint density at radius 3 is 2.79 bits per heavy atom. The molecule has 1 heterocycles. The highest BCUT2D eigenvalue weighted by molar-refractivity contribution is 7.99. The number of nitriles is 1. The van der Waals surface area contributed by atoms with Crippen molar-refractivity contribution in [3.05, 3.63) is 46.6 Å². The maximum absolute atomic E-state index is 8.77. The smallest absolute Gasteiger partial charge is 0.190 e. The summed E-state index contributed by atoms with van der Waals surface area (Å²) in [5.74, 6) is 0.200. The summed E-state index contributed by atoms with van der Waals surface area (Å²) in [5, 5.41) is 10.1. The van der Waals surface area contributed by atoms with Crippen molar-refractivity contribution in [2.45, 2.75) is 17.3 Å². The van der Waals surface area contributed by atoms with Crippen LogP contribution in [0.25, 0.3) is 0 Å². The second kappa shape index (κ2) is 5.91. The molecule has 0 radical (unpaired) electrons. The van der Waals surface area contributed by atoms with Crippen molar-refractivity contribution in [1.82, 2.24) is 9.97 Å². The van der Waals surface area contributed by atoms with Gasteiger partial charge >= 0.3 is 0 Å². The van der Waals surface area contributed by atoms with E-state index in [1.54, 1.807) is 0 Å². The minimum atomic E-state index is 0.0982. The number of nitrogens with zero attached hydrogens (tertiary/aromatic N) is 3. The fourth-order valence-electron chi connectivity index (χ4n) is 1.55. The Labute approximate surface area is 120 Å². The third kappa shape index (κ3) is 3.16. The number of aromatic nitrogens is 2. The molecule has 2 N–H and O–H groups in total. The molecule has 0 amide bonds. The Kier molecular flexibility index (Phi) is 4.25. The lowest BCUT2D eigenvalue weighted by molar-refractivity contribution is 0.954. The van der Waals surface area contributed by atoms with Gasteiger partial charge in [-0.1, -0.05) is 41.6 Å². The van der Waals surface area contributed by atoms with Crippen LogP contribution in [0.4, 0.5) is 5.82 Å². The second-order valence-corrected chi connectivity index (χ2v) is 5.56. The fourth-order valence-corrected chi connectivity index (χ4v) is 2.82. The van der Waals surface area contributed by atoms with Crippen LogP contribution in [0, 0.1) is 11.3 Å². The van der Waals surface area contributed by atoms with Crippen LogP contribution >= 0.6 is 23.4 Å². The molecule has 6 heteroatoms. The molecular weight excluding hydrogens is 280 g/mol. The van der Waals surface area contributed by atoms with Crippen molar-refractivity contribution in [2.75, 3.05) is 5.73 Å². The number of hydrogen-bond acceptors (Lipinski definition) is 5. The van der Waals surface area contributed by atoms with Crippen molar-refractivity contribution in [3.63, 3.8) is 0 Å². The highest BCUT2D eigenvalue weighted by Gasteiger charge is 2.13. The molecule has 1 unspecified atom stereocenters. The zero-order valence-electron chi connectivity index (χ0n) is 10.2. The first-order valence-electron chi connectivity index (χ1n) is 5.55. The van der Waals surface area contributed by atoms with E-state index in [4.69, 9.17) is 22.6 Å². The van der Waals surface area contributed by atoms with E-state index < -0.39 is 0 Å². The molecule has 0 bridgehead atoms. The molecule has 0 saturated heterocycles. The Balaban J connectivity index is 2.20. The average Bonchev–Trinajstić information content (AvgIpc) is 2.39. The van der Waals surface area contributed by atoms with Gasteiger partial charge in [0.05, 0.1) is 6.20 Å². The number of anilines is 1. The standard InChI is InChI=1S/C13H11ClN4S/c1-8(10-4-2-3-5-11(10)14)19-13-17-7-9(6-15)12(16)18-13/h2-5,7-8H,1H3,(H2,16,17,18). The summed E-state index contributed by atoms with van der Waals surface area (Å²) in [4.78, 5) is 8.21. The van der Waals surface area contributed by atoms with Gasteiger partial charge in [0.1, 0.15) is 17.5 Å². The molecule has 0 aliphatic rings. The van der Waals surface area contributed by atoms with E-state index in [2.05, 4.69) is 9.97 Å². The number of nitrogens with two attached hydrogens (primary N) is 1. The summed E-state index contributed by atoms with van der Waals surface area (Å²) < 4.78 is 0. The van der Waals surface area contributed by atoms with Crippen LogP contribution in [-0.2, 0) is 0 Å². The highest BCUT2D eigenvalue weighted by Crippen LogP contribution is 2.36. The minimum absolute atomic E-state index is 0.0982. The van der Waals surface area contributed by atoms with Crippen molar-refractivity contribution in [1.29, 1.82) is 5.26 Å². The van der Waals surface area contributed by atoms with Gasteiger partial charge in [-0.25, -0.2) is 9.97 Å². The largest absolute Gasteiger partial charge is 0.382 e. The summed E-state index contributed by atoms with van der Waals surface area (Å²) in [6.07, 6.45) is 1.43. The van der Waals surface area contributed by atoms with Gasteiger partial charge in [0.25, 0.3) is 0 Å². The van der Waals surface area contributed by atoms with E-state index in [-0.39, 0.29) is 16.6 Å². The van der Waals surface area contributed by atoms with Crippen LogP contribution in [0.5, 0.6) is 0 Å². The van der Waals surface area contributed by atoms with E-state index in [1.165, 1.54) is 18.0 Å². The average molecular weight is 291 g/mol. The minimum Gasteiger partial charge on any atom is -0.382 e. The molecule has 0 saturated carbocycles. The SMILES string of the molecule is CC(Sc1ncc(C#N)c(N)n1)c1ccccc1Cl. The van der Waals surface area contributed by atoms with E-state index in [1.807, 2.05) is 37.3 Å². The van der Waals surface area contributed by atoms with Crippen molar-refractivity contribution in [3.8, 4) is 6.07 Å². The normalized spacial score (nSPS) is 11.8. The van der Waals surface area contributed by atoms with Crippen LogP contribution in [0.1, 0.15) is 23.3 Å². The van der Waals surface area contributed by atoms with Crippen LogP contribution in [0.2, 0.25) is 5.02 Å². The van der Waals surface area contributed by atoms with Crippen LogP contribution in [0.15, 0.2) is 35.6 Å². The molecule has 1 atom stereocenters. The van der Waals surface area contributed by atoms with E-state index in [9.17, 15) is 0 Å². The monoisotopic (exact) mass is 290 g/mol. The van der Waals surface area contributed by atoms with E-state index >= 15 is 0 Å². The first-order valence-corrected chi connectivity index (χ1v) is 6.81.